The van der Waals surface area contributed by atoms with E-state index in [1.807, 2.05) is 18.2 Å². The van der Waals surface area contributed by atoms with Gasteiger partial charge in [0, 0.05) is 12.4 Å². The average Bonchev–Trinajstić information content (AvgIpc) is 2.69. The predicted octanol–water partition coefficient (Wildman–Crippen LogP) is 3.23. The Kier molecular flexibility index (Phi) is 2.36. The molecule has 0 amide bonds. The summed E-state index contributed by atoms with van der Waals surface area (Å²) >= 11 is 2.18. The molecular weight excluding hydrogens is 313 g/mol. The van der Waals surface area contributed by atoms with E-state index in [0.717, 1.165) is 14.9 Å². The first kappa shape index (κ1) is 9.77. The van der Waals surface area contributed by atoms with Crippen LogP contribution in [0.25, 0.3) is 22.2 Å². The second-order valence-corrected chi connectivity index (χ2v) is 4.52. The van der Waals surface area contributed by atoms with Gasteiger partial charge in [0.1, 0.15) is 0 Å². The summed E-state index contributed by atoms with van der Waals surface area (Å²) < 4.78 is 0.916. The van der Waals surface area contributed by atoms with Gasteiger partial charge in [0.2, 0.25) is 0 Å². The molecule has 0 fully saturated rings. The zero-order chi connectivity index (χ0) is 11.0. The average molecular weight is 321 g/mol. The third kappa shape index (κ3) is 1.69. The molecule has 3 aromatic rings. The van der Waals surface area contributed by atoms with Gasteiger partial charge < -0.3 is 4.98 Å². The van der Waals surface area contributed by atoms with E-state index in [9.17, 15) is 0 Å². The van der Waals surface area contributed by atoms with E-state index in [-0.39, 0.29) is 0 Å². The quantitative estimate of drug-likeness (QED) is 0.699. The van der Waals surface area contributed by atoms with E-state index in [1.54, 1.807) is 12.4 Å². The van der Waals surface area contributed by atoms with Crippen molar-refractivity contribution in [2.75, 3.05) is 0 Å². The molecule has 1 aromatic carbocycles. The van der Waals surface area contributed by atoms with Crippen molar-refractivity contribution in [1.29, 1.82) is 0 Å². The number of nitrogens with zero attached hydrogens (tertiary/aromatic N) is 2. The zero-order valence-corrected chi connectivity index (χ0v) is 10.5. The highest BCUT2D eigenvalue weighted by atomic mass is 127. The number of rotatable bonds is 1. The van der Waals surface area contributed by atoms with Crippen LogP contribution in [0.1, 0.15) is 0 Å². The molecule has 16 heavy (non-hydrogen) atoms. The number of nitrogens with one attached hydrogen (secondary N) is 1. The second-order valence-electron chi connectivity index (χ2n) is 3.50. The van der Waals surface area contributed by atoms with Crippen molar-refractivity contribution in [3.8, 4) is 11.1 Å². The van der Waals surface area contributed by atoms with Crippen LogP contribution < -0.4 is 0 Å². The van der Waals surface area contributed by atoms with E-state index in [1.165, 1.54) is 11.1 Å². The first-order valence-corrected chi connectivity index (χ1v) is 5.96. The summed E-state index contributed by atoms with van der Waals surface area (Å²) in [4.78, 5) is 11.6. The van der Waals surface area contributed by atoms with Crippen LogP contribution in [0.15, 0.2) is 42.7 Å². The van der Waals surface area contributed by atoms with Gasteiger partial charge in [-0.2, -0.15) is 0 Å². The van der Waals surface area contributed by atoms with Crippen LogP contribution in [0.4, 0.5) is 0 Å². The van der Waals surface area contributed by atoms with Crippen molar-refractivity contribution < 1.29 is 0 Å². The van der Waals surface area contributed by atoms with Gasteiger partial charge in [-0.05, 0) is 58.0 Å². The molecule has 0 aliphatic rings. The van der Waals surface area contributed by atoms with Gasteiger partial charge in [-0.1, -0.05) is 6.07 Å². The Labute approximate surface area is 106 Å². The molecule has 4 heteroatoms. The molecule has 0 aliphatic carbocycles. The molecule has 0 atom stereocenters. The van der Waals surface area contributed by atoms with Gasteiger partial charge in [0.25, 0.3) is 0 Å². The summed E-state index contributed by atoms with van der Waals surface area (Å²) in [5, 5.41) is 0. The molecule has 0 radical (unpaired) electrons. The van der Waals surface area contributed by atoms with Crippen LogP contribution in [0.2, 0.25) is 0 Å². The van der Waals surface area contributed by atoms with E-state index in [0.29, 0.717) is 0 Å². The molecule has 3 nitrogen and oxygen atoms in total. The smallest absolute Gasteiger partial charge is 0.169 e. The predicted molar refractivity (Wildman–Crippen MR) is 72.0 cm³/mol. The molecule has 0 spiro atoms. The lowest BCUT2D eigenvalue weighted by atomic mass is 10.1. The van der Waals surface area contributed by atoms with E-state index >= 15 is 0 Å². The Hall–Kier alpha value is -1.43. The minimum atomic E-state index is 0.916. The lowest BCUT2D eigenvalue weighted by Gasteiger charge is -2.00. The van der Waals surface area contributed by atoms with Gasteiger partial charge in [0.05, 0.1) is 11.0 Å². The maximum absolute atomic E-state index is 4.37. The molecule has 78 valence electrons. The maximum atomic E-state index is 4.37. The summed E-state index contributed by atoms with van der Waals surface area (Å²) in [6.45, 7) is 0. The number of H-pyrrole nitrogens is 1. The van der Waals surface area contributed by atoms with Crippen LogP contribution >= 0.6 is 22.6 Å². The van der Waals surface area contributed by atoms with E-state index < -0.39 is 0 Å². The summed E-state index contributed by atoms with van der Waals surface area (Å²) in [5.74, 6) is 0. The highest BCUT2D eigenvalue weighted by Gasteiger charge is 2.02. The van der Waals surface area contributed by atoms with Crippen molar-refractivity contribution in [2.45, 2.75) is 0 Å². The lowest BCUT2D eigenvalue weighted by Crippen LogP contribution is -1.78. The van der Waals surface area contributed by atoms with Crippen molar-refractivity contribution in [1.82, 2.24) is 15.0 Å². The Morgan fingerprint density at radius 3 is 2.62 bits per heavy atom. The molecule has 0 saturated carbocycles. The van der Waals surface area contributed by atoms with E-state index in [2.05, 4.69) is 49.7 Å². The standard InChI is InChI=1S/C12H8IN3/c13-12-15-10-2-1-9(7-11(10)16-12)8-3-5-14-6-4-8/h1-7H,(H,15,16). The van der Waals surface area contributed by atoms with Crippen LogP contribution in [0, 0.1) is 3.83 Å². The summed E-state index contributed by atoms with van der Waals surface area (Å²) in [7, 11) is 0. The third-order valence-corrected chi connectivity index (χ3v) is 2.98. The Morgan fingerprint density at radius 2 is 1.81 bits per heavy atom. The van der Waals surface area contributed by atoms with Crippen LogP contribution in [0.5, 0.6) is 0 Å². The van der Waals surface area contributed by atoms with Crippen LogP contribution in [0.3, 0.4) is 0 Å². The van der Waals surface area contributed by atoms with Crippen molar-refractivity contribution in [3.63, 3.8) is 0 Å². The SMILES string of the molecule is Ic1nc2ccc(-c3ccncc3)cc2[nH]1. The number of fused-ring (bicyclic) bond motifs is 1. The van der Waals surface area contributed by atoms with Crippen molar-refractivity contribution in [2.24, 2.45) is 0 Å². The minimum Gasteiger partial charge on any atom is -0.333 e. The van der Waals surface area contributed by atoms with Crippen molar-refractivity contribution in [3.05, 3.63) is 46.6 Å². The number of pyridine rings is 1. The molecule has 0 aliphatic heterocycles. The summed E-state index contributed by atoms with van der Waals surface area (Å²) in [6, 6.07) is 10.2. The number of aromatic amines is 1. The first-order valence-electron chi connectivity index (χ1n) is 4.88. The summed E-state index contributed by atoms with van der Waals surface area (Å²) in [5.41, 5.74) is 4.41. The van der Waals surface area contributed by atoms with Gasteiger partial charge in [0.15, 0.2) is 3.83 Å². The molecule has 0 saturated heterocycles. The number of halogens is 1. The number of imidazole rings is 1. The zero-order valence-electron chi connectivity index (χ0n) is 8.31. The number of benzene rings is 1. The van der Waals surface area contributed by atoms with Crippen LogP contribution in [-0.4, -0.2) is 15.0 Å². The first-order chi connectivity index (χ1) is 7.83. The van der Waals surface area contributed by atoms with E-state index in [4.69, 9.17) is 0 Å². The van der Waals surface area contributed by atoms with Crippen molar-refractivity contribution >= 4 is 33.6 Å². The van der Waals surface area contributed by atoms with Gasteiger partial charge >= 0.3 is 0 Å². The molecule has 1 N–H and O–H groups in total. The topological polar surface area (TPSA) is 41.6 Å². The Bertz CT molecular complexity index is 631. The second kappa shape index (κ2) is 3.86. The van der Waals surface area contributed by atoms with Crippen LogP contribution in [-0.2, 0) is 0 Å². The van der Waals surface area contributed by atoms with Gasteiger partial charge in [-0.15, -0.1) is 0 Å². The highest BCUT2D eigenvalue weighted by Crippen LogP contribution is 2.22. The molecule has 3 rings (SSSR count). The molecular formula is C12H8IN3. The molecule has 2 aromatic heterocycles. The fourth-order valence-corrected chi connectivity index (χ4v) is 2.25. The Balaban J connectivity index is 2.18. The summed E-state index contributed by atoms with van der Waals surface area (Å²) in [6.07, 6.45) is 3.60. The third-order valence-electron chi connectivity index (χ3n) is 2.47. The molecule has 2 heterocycles. The Morgan fingerprint density at radius 1 is 1.00 bits per heavy atom. The fraction of sp³-hybridized carbons (Fsp3) is 0. The molecule has 0 bridgehead atoms. The van der Waals surface area contributed by atoms with Gasteiger partial charge in [-0.25, -0.2) is 4.98 Å². The number of aromatic nitrogens is 3. The minimum absolute atomic E-state index is 0.916. The maximum Gasteiger partial charge on any atom is 0.169 e. The largest absolute Gasteiger partial charge is 0.333 e. The fourth-order valence-electron chi connectivity index (χ4n) is 1.70. The monoisotopic (exact) mass is 321 g/mol. The number of hydrogen-bond donors (Lipinski definition) is 1. The van der Waals surface area contributed by atoms with Gasteiger partial charge in [-0.3, -0.25) is 4.98 Å². The molecule has 0 unspecified atom stereocenters. The highest BCUT2D eigenvalue weighted by molar-refractivity contribution is 14.1. The normalized spacial score (nSPS) is 10.8. The number of hydrogen-bond acceptors (Lipinski definition) is 2. The lowest BCUT2D eigenvalue weighted by molar-refractivity contribution is 1.26.